The standard InChI is InChI=1S/C29H23ClFN3O3/c1-17-28(29(18-7-3-2-4-8-18)21-15-19(30)11-12-23(21)32-17)24-16-25(20-9-5-6-10-22(20)31)34(33-24)26(35)13-14-27(36)37/h2-12,15-16,25,33H,13-14H2,1H3,(H,36,37)/p-1/t25-/m1/s1. The van der Waals surface area contributed by atoms with Gasteiger partial charge in [-0.05, 0) is 49.2 Å². The summed E-state index contributed by atoms with van der Waals surface area (Å²) < 4.78 is 14.9. The van der Waals surface area contributed by atoms with Crippen LogP contribution in [0.2, 0.25) is 5.02 Å². The zero-order valence-corrected chi connectivity index (χ0v) is 20.6. The van der Waals surface area contributed by atoms with Crippen LogP contribution in [0.15, 0.2) is 78.9 Å². The number of carbonyl (C=O) groups excluding carboxylic acids is 2. The van der Waals surface area contributed by atoms with Crippen molar-refractivity contribution in [3.8, 4) is 11.1 Å². The van der Waals surface area contributed by atoms with Crippen molar-refractivity contribution in [2.45, 2.75) is 25.8 Å². The van der Waals surface area contributed by atoms with Gasteiger partial charge >= 0.3 is 0 Å². The number of nitrogens with zero attached hydrogens (tertiary/aromatic N) is 2. The van der Waals surface area contributed by atoms with Crippen LogP contribution < -0.4 is 10.5 Å². The highest BCUT2D eigenvalue weighted by atomic mass is 35.5. The lowest BCUT2D eigenvalue weighted by molar-refractivity contribution is -0.305. The summed E-state index contributed by atoms with van der Waals surface area (Å²) in [6, 6.07) is 20.6. The van der Waals surface area contributed by atoms with Gasteiger partial charge in [-0.2, -0.15) is 0 Å². The summed E-state index contributed by atoms with van der Waals surface area (Å²) in [7, 11) is 0. The van der Waals surface area contributed by atoms with E-state index in [0.29, 0.717) is 16.4 Å². The molecule has 0 spiro atoms. The van der Waals surface area contributed by atoms with Gasteiger partial charge in [0.05, 0.1) is 11.2 Å². The summed E-state index contributed by atoms with van der Waals surface area (Å²) in [6.45, 7) is 1.87. The number of carboxylic acids is 1. The molecule has 2 heterocycles. The van der Waals surface area contributed by atoms with Crippen molar-refractivity contribution in [2.75, 3.05) is 0 Å². The normalized spacial score (nSPS) is 14.9. The Kier molecular flexibility index (Phi) is 6.63. The molecule has 4 aromatic rings. The molecule has 0 unspecified atom stereocenters. The smallest absolute Gasteiger partial charge is 0.242 e. The fourth-order valence-electron chi connectivity index (χ4n) is 4.69. The summed E-state index contributed by atoms with van der Waals surface area (Å²) in [5, 5.41) is 13.7. The van der Waals surface area contributed by atoms with Gasteiger partial charge in [0.25, 0.3) is 0 Å². The number of hydrogen-bond acceptors (Lipinski definition) is 5. The quantitative estimate of drug-likeness (QED) is 0.393. The Hall–Kier alpha value is -4.23. The van der Waals surface area contributed by atoms with Crippen molar-refractivity contribution in [3.63, 3.8) is 0 Å². The number of pyridine rings is 1. The largest absolute Gasteiger partial charge is 0.550 e. The van der Waals surface area contributed by atoms with E-state index in [-0.39, 0.29) is 12.0 Å². The van der Waals surface area contributed by atoms with E-state index in [1.165, 1.54) is 11.1 Å². The van der Waals surface area contributed by atoms with Crippen LogP contribution in [0.3, 0.4) is 0 Å². The van der Waals surface area contributed by atoms with E-state index < -0.39 is 30.2 Å². The third kappa shape index (κ3) is 4.78. The second-order valence-corrected chi connectivity index (χ2v) is 9.21. The minimum absolute atomic E-state index is 0.280. The van der Waals surface area contributed by atoms with E-state index in [2.05, 4.69) is 5.43 Å². The number of benzene rings is 3. The molecule has 186 valence electrons. The number of carbonyl (C=O) groups is 2. The van der Waals surface area contributed by atoms with Crippen LogP contribution in [0.5, 0.6) is 0 Å². The first-order valence-corrected chi connectivity index (χ1v) is 12.1. The molecule has 1 atom stereocenters. The van der Waals surface area contributed by atoms with Gasteiger partial charge in [-0.1, -0.05) is 60.1 Å². The van der Waals surface area contributed by atoms with Crippen LogP contribution >= 0.6 is 11.6 Å². The van der Waals surface area contributed by atoms with Gasteiger partial charge in [0.1, 0.15) is 11.9 Å². The highest BCUT2D eigenvalue weighted by Crippen LogP contribution is 2.41. The average Bonchev–Trinajstić information content (AvgIpc) is 3.32. The van der Waals surface area contributed by atoms with Crippen LogP contribution in [0.25, 0.3) is 27.7 Å². The number of aryl methyl sites for hydroxylation is 1. The monoisotopic (exact) mass is 514 g/mol. The Morgan fingerprint density at radius 1 is 1.03 bits per heavy atom. The minimum atomic E-state index is -1.33. The number of rotatable bonds is 6. The van der Waals surface area contributed by atoms with Crippen LogP contribution in [-0.2, 0) is 9.59 Å². The number of aromatic nitrogens is 1. The summed E-state index contributed by atoms with van der Waals surface area (Å²) in [6.07, 6.45) is 1.03. The van der Waals surface area contributed by atoms with Crippen LogP contribution in [0, 0.1) is 12.7 Å². The molecule has 1 aliphatic rings. The predicted molar refractivity (Wildman–Crippen MR) is 138 cm³/mol. The summed E-state index contributed by atoms with van der Waals surface area (Å²) in [5.41, 5.74) is 7.94. The Morgan fingerprint density at radius 2 is 1.76 bits per heavy atom. The second kappa shape index (κ2) is 10.0. The van der Waals surface area contributed by atoms with Crippen molar-refractivity contribution in [2.24, 2.45) is 0 Å². The van der Waals surface area contributed by atoms with Gasteiger partial charge in [0.2, 0.25) is 5.91 Å². The van der Waals surface area contributed by atoms with E-state index in [9.17, 15) is 19.1 Å². The van der Waals surface area contributed by atoms with E-state index in [4.69, 9.17) is 16.6 Å². The van der Waals surface area contributed by atoms with Crippen molar-refractivity contribution in [1.29, 1.82) is 0 Å². The molecule has 1 aliphatic heterocycles. The molecule has 3 aromatic carbocycles. The van der Waals surface area contributed by atoms with Crippen LogP contribution in [0.4, 0.5) is 4.39 Å². The Balaban J connectivity index is 1.71. The Labute approximate surface area is 218 Å². The number of halogens is 2. The predicted octanol–water partition coefficient (Wildman–Crippen LogP) is 4.96. The van der Waals surface area contributed by atoms with Crippen LogP contribution in [0.1, 0.15) is 35.7 Å². The maximum atomic E-state index is 14.9. The molecule has 1 N–H and O–H groups in total. The molecular weight excluding hydrogens is 493 g/mol. The third-order valence-electron chi connectivity index (χ3n) is 6.34. The summed E-state index contributed by atoms with van der Waals surface area (Å²) >= 11 is 6.37. The molecule has 37 heavy (non-hydrogen) atoms. The third-order valence-corrected chi connectivity index (χ3v) is 6.57. The molecule has 0 saturated heterocycles. The first-order chi connectivity index (χ1) is 17.8. The zero-order chi connectivity index (χ0) is 26.1. The summed E-state index contributed by atoms with van der Waals surface area (Å²) in [4.78, 5) is 28.9. The topological polar surface area (TPSA) is 85.4 Å². The number of nitrogens with one attached hydrogen (secondary N) is 1. The molecule has 5 rings (SSSR count). The molecule has 0 saturated carbocycles. The van der Waals surface area contributed by atoms with Crippen molar-refractivity contribution in [1.82, 2.24) is 15.4 Å². The lowest BCUT2D eigenvalue weighted by Crippen LogP contribution is -2.40. The number of hydrogen-bond donors (Lipinski definition) is 1. The highest BCUT2D eigenvalue weighted by Gasteiger charge is 2.34. The molecule has 0 aliphatic carbocycles. The molecule has 8 heteroatoms. The van der Waals surface area contributed by atoms with Gasteiger partial charge in [0, 0.05) is 45.2 Å². The highest BCUT2D eigenvalue weighted by molar-refractivity contribution is 6.31. The van der Waals surface area contributed by atoms with Crippen LogP contribution in [-0.4, -0.2) is 21.9 Å². The van der Waals surface area contributed by atoms with Gasteiger partial charge in [-0.25, -0.2) is 9.40 Å². The van der Waals surface area contributed by atoms with Gasteiger partial charge < -0.3 is 9.90 Å². The minimum Gasteiger partial charge on any atom is -0.550 e. The van der Waals surface area contributed by atoms with Crippen molar-refractivity contribution >= 4 is 40.1 Å². The number of amides is 1. The van der Waals surface area contributed by atoms with E-state index in [1.54, 1.807) is 30.3 Å². The molecule has 0 fully saturated rings. The van der Waals surface area contributed by atoms with E-state index in [1.807, 2.05) is 49.4 Å². The fourth-order valence-corrected chi connectivity index (χ4v) is 4.86. The molecule has 0 radical (unpaired) electrons. The maximum absolute atomic E-state index is 14.9. The summed E-state index contributed by atoms with van der Waals surface area (Å²) in [5.74, 6) is -2.31. The molecule has 1 aromatic heterocycles. The molecule has 1 amide bonds. The number of aliphatic carboxylic acids is 1. The first kappa shape index (κ1) is 24.5. The number of fused-ring (bicyclic) bond motifs is 1. The Morgan fingerprint density at radius 3 is 2.49 bits per heavy atom. The molecular formula is C29H22ClFN3O3-. The SMILES string of the molecule is Cc1nc2ccc(Cl)cc2c(-c2ccccc2)c1C1=C[C@H](c2ccccc2F)N(C(=O)CCC(=O)[O-])N1. The maximum Gasteiger partial charge on any atom is 0.242 e. The first-order valence-electron chi connectivity index (χ1n) is 11.7. The van der Waals surface area contributed by atoms with Gasteiger partial charge in [-0.3, -0.25) is 15.2 Å². The number of hydrazine groups is 1. The lowest BCUT2D eigenvalue weighted by Gasteiger charge is -2.26. The number of carboxylic acid groups (broad SMARTS) is 1. The van der Waals surface area contributed by atoms with Crippen molar-refractivity contribution < 1.29 is 19.1 Å². The van der Waals surface area contributed by atoms with Crippen molar-refractivity contribution in [3.05, 3.63) is 107 Å². The average molecular weight is 515 g/mol. The zero-order valence-electron chi connectivity index (χ0n) is 19.9. The fraction of sp³-hybridized carbons (Fsp3) is 0.138. The van der Waals surface area contributed by atoms with Gasteiger partial charge in [-0.15, -0.1) is 0 Å². The Bertz CT molecular complexity index is 1560. The van der Waals surface area contributed by atoms with Gasteiger partial charge in [0.15, 0.2) is 0 Å². The second-order valence-electron chi connectivity index (χ2n) is 8.77. The molecule has 0 bridgehead atoms. The molecule has 6 nitrogen and oxygen atoms in total. The van der Waals surface area contributed by atoms with E-state index in [0.717, 1.165) is 27.6 Å². The lowest BCUT2D eigenvalue weighted by atomic mass is 9.92. The van der Waals surface area contributed by atoms with E-state index >= 15 is 0 Å².